The molecule has 0 spiro atoms. The van der Waals surface area contributed by atoms with Crippen molar-refractivity contribution in [3.8, 4) is 22.8 Å². The number of ether oxygens (including phenoxy) is 2. The molecule has 1 amide bonds. The number of rotatable bonds is 5. The number of thiazole rings is 1. The van der Waals surface area contributed by atoms with E-state index in [1.165, 1.54) is 31.1 Å². The van der Waals surface area contributed by atoms with Gasteiger partial charge in [0, 0.05) is 10.4 Å². The summed E-state index contributed by atoms with van der Waals surface area (Å²) in [5.41, 5.74) is 3.44. The molecular weight excluding hydrogens is 348 g/mol. The van der Waals surface area contributed by atoms with Crippen LogP contribution in [0.3, 0.4) is 0 Å². The number of aryl methyl sites for hydroxylation is 2. The van der Waals surface area contributed by atoms with Gasteiger partial charge in [-0.25, -0.2) is 4.98 Å². The molecule has 1 N–H and O–H groups in total. The van der Waals surface area contributed by atoms with Crippen LogP contribution in [0.1, 0.15) is 20.8 Å². The van der Waals surface area contributed by atoms with Crippen molar-refractivity contribution in [1.82, 2.24) is 4.98 Å². The molecule has 3 rings (SSSR count). The summed E-state index contributed by atoms with van der Waals surface area (Å²) < 4.78 is 10.6. The van der Waals surface area contributed by atoms with E-state index in [4.69, 9.17) is 9.47 Å². The van der Waals surface area contributed by atoms with Crippen LogP contribution in [0.4, 0.5) is 5.13 Å². The number of amides is 1. The van der Waals surface area contributed by atoms with Crippen LogP contribution in [0.2, 0.25) is 0 Å². The fourth-order valence-corrected chi connectivity index (χ4v) is 3.49. The molecule has 0 saturated heterocycles. The van der Waals surface area contributed by atoms with E-state index in [0.717, 1.165) is 16.1 Å². The van der Waals surface area contributed by atoms with Crippen LogP contribution in [0.5, 0.6) is 11.5 Å². The highest BCUT2D eigenvalue weighted by Crippen LogP contribution is 2.33. The predicted octanol–water partition coefficient (Wildman–Crippen LogP) is 4.70. The fraction of sp³-hybridized carbons (Fsp3) is 0.200. The summed E-state index contributed by atoms with van der Waals surface area (Å²) >= 11 is 1.44. The van der Waals surface area contributed by atoms with E-state index in [1.54, 1.807) is 18.2 Å². The quantitative estimate of drug-likeness (QED) is 0.709. The minimum atomic E-state index is -0.316. The molecule has 0 unspecified atom stereocenters. The number of nitrogens with one attached hydrogen (secondary N) is 1. The normalized spacial score (nSPS) is 10.5. The average molecular weight is 368 g/mol. The number of carbonyl (C=O) groups excluding carboxylic acids is 1. The minimum Gasteiger partial charge on any atom is -0.496 e. The third kappa shape index (κ3) is 3.55. The summed E-state index contributed by atoms with van der Waals surface area (Å²) in [6.07, 6.45) is 0. The van der Waals surface area contributed by atoms with Crippen LogP contribution in [0.15, 0.2) is 42.5 Å². The Morgan fingerprint density at radius 3 is 2.19 bits per heavy atom. The second-order valence-corrected chi connectivity index (χ2v) is 6.98. The smallest absolute Gasteiger partial charge is 0.265 e. The molecule has 6 heteroatoms. The lowest BCUT2D eigenvalue weighted by Crippen LogP contribution is -2.14. The number of carbonyl (C=O) groups is 1. The van der Waals surface area contributed by atoms with Crippen LogP contribution in [0, 0.1) is 13.8 Å². The molecule has 1 aromatic heterocycles. The maximum atomic E-state index is 12.8. The third-order valence-corrected chi connectivity index (χ3v) is 4.88. The first-order valence-electron chi connectivity index (χ1n) is 8.10. The highest BCUT2D eigenvalue weighted by Gasteiger charge is 2.20. The summed E-state index contributed by atoms with van der Waals surface area (Å²) in [6, 6.07) is 13.4. The van der Waals surface area contributed by atoms with Gasteiger partial charge in [0.2, 0.25) is 0 Å². The minimum absolute atomic E-state index is 0.316. The summed E-state index contributed by atoms with van der Waals surface area (Å²) in [6.45, 7) is 4.04. The van der Waals surface area contributed by atoms with Gasteiger partial charge in [-0.05, 0) is 26.0 Å². The van der Waals surface area contributed by atoms with Gasteiger partial charge < -0.3 is 9.47 Å². The summed E-state index contributed by atoms with van der Waals surface area (Å²) in [5.74, 6) is 0.589. The topological polar surface area (TPSA) is 60.5 Å². The van der Waals surface area contributed by atoms with Crippen molar-refractivity contribution in [3.63, 3.8) is 0 Å². The number of hydrogen-bond donors (Lipinski definition) is 1. The first-order valence-corrected chi connectivity index (χ1v) is 8.92. The molecule has 26 heavy (non-hydrogen) atoms. The Balaban J connectivity index is 1.90. The monoisotopic (exact) mass is 368 g/mol. The van der Waals surface area contributed by atoms with E-state index in [1.807, 2.05) is 38.1 Å². The van der Waals surface area contributed by atoms with Crippen LogP contribution >= 0.6 is 11.3 Å². The standard InChI is InChI=1S/C20H20N2O3S/c1-12-8-10-14(11-9-12)18-13(2)26-20(21-18)22-19(23)17-15(24-3)6-5-7-16(17)25-4/h5-11H,1-4H3,(H,21,22,23). The number of aromatic nitrogens is 1. The molecule has 0 aliphatic heterocycles. The zero-order valence-corrected chi connectivity index (χ0v) is 15.9. The summed E-state index contributed by atoms with van der Waals surface area (Å²) in [7, 11) is 3.04. The summed E-state index contributed by atoms with van der Waals surface area (Å²) in [4.78, 5) is 18.4. The highest BCUT2D eigenvalue weighted by atomic mass is 32.1. The maximum Gasteiger partial charge on any atom is 0.265 e. The molecule has 1 heterocycles. The second kappa shape index (κ2) is 7.58. The Morgan fingerprint density at radius 2 is 1.62 bits per heavy atom. The highest BCUT2D eigenvalue weighted by molar-refractivity contribution is 7.16. The van der Waals surface area contributed by atoms with E-state index in [9.17, 15) is 4.79 Å². The van der Waals surface area contributed by atoms with Gasteiger partial charge >= 0.3 is 0 Å². The molecule has 0 aliphatic rings. The van der Waals surface area contributed by atoms with Crippen LogP contribution in [-0.4, -0.2) is 25.1 Å². The third-order valence-electron chi connectivity index (χ3n) is 4.00. The van der Waals surface area contributed by atoms with Gasteiger partial charge in [0.15, 0.2) is 5.13 Å². The van der Waals surface area contributed by atoms with Crippen molar-refractivity contribution in [1.29, 1.82) is 0 Å². The molecule has 3 aromatic rings. The van der Waals surface area contributed by atoms with E-state index in [-0.39, 0.29) is 5.91 Å². The Bertz CT molecular complexity index is 910. The number of methoxy groups -OCH3 is 2. The molecule has 2 aromatic carbocycles. The Labute approximate surface area is 156 Å². The zero-order valence-electron chi connectivity index (χ0n) is 15.1. The second-order valence-electron chi connectivity index (χ2n) is 5.78. The number of anilines is 1. The SMILES string of the molecule is COc1cccc(OC)c1C(=O)Nc1nc(-c2ccc(C)cc2)c(C)s1. The van der Waals surface area contributed by atoms with Crippen molar-refractivity contribution in [2.75, 3.05) is 19.5 Å². The van der Waals surface area contributed by atoms with Gasteiger partial charge in [0.25, 0.3) is 5.91 Å². The predicted molar refractivity (Wildman–Crippen MR) is 105 cm³/mol. The molecule has 0 radical (unpaired) electrons. The Hall–Kier alpha value is -2.86. The van der Waals surface area contributed by atoms with Gasteiger partial charge in [-0.1, -0.05) is 35.9 Å². The lowest BCUT2D eigenvalue weighted by molar-refractivity contribution is 0.102. The molecule has 5 nitrogen and oxygen atoms in total. The molecule has 0 atom stereocenters. The number of nitrogens with zero attached hydrogens (tertiary/aromatic N) is 1. The Kier molecular flexibility index (Phi) is 5.23. The van der Waals surface area contributed by atoms with E-state index in [0.29, 0.717) is 22.2 Å². The van der Waals surface area contributed by atoms with Crippen molar-refractivity contribution in [3.05, 3.63) is 58.5 Å². The molecular formula is C20H20N2O3S. The first-order chi connectivity index (χ1) is 12.5. The summed E-state index contributed by atoms with van der Waals surface area (Å²) in [5, 5.41) is 3.40. The Morgan fingerprint density at radius 1 is 1.00 bits per heavy atom. The maximum absolute atomic E-state index is 12.8. The lowest BCUT2D eigenvalue weighted by atomic mass is 10.1. The van der Waals surface area contributed by atoms with Gasteiger partial charge in [-0.15, -0.1) is 11.3 Å². The largest absolute Gasteiger partial charge is 0.496 e. The number of benzene rings is 2. The van der Waals surface area contributed by atoms with Crippen molar-refractivity contribution in [2.45, 2.75) is 13.8 Å². The molecule has 0 fully saturated rings. The fourth-order valence-electron chi connectivity index (χ4n) is 2.66. The van der Waals surface area contributed by atoms with Gasteiger partial charge in [0.05, 0.1) is 19.9 Å². The number of hydrogen-bond acceptors (Lipinski definition) is 5. The first kappa shape index (κ1) is 17.9. The lowest BCUT2D eigenvalue weighted by Gasteiger charge is -2.11. The van der Waals surface area contributed by atoms with Crippen LogP contribution in [0.25, 0.3) is 11.3 Å². The zero-order chi connectivity index (χ0) is 18.7. The van der Waals surface area contributed by atoms with Crippen LogP contribution < -0.4 is 14.8 Å². The van der Waals surface area contributed by atoms with Crippen molar-refractivity contribution < 1.29 is 14.3 Å². The molecule has 134 valence electrons. The van der Waals surface area contributed by atoms with E-state index < -0.39 is 0 Å². The van der Waals surface area contributed by atoms with Crippen molar-refractivity contribution in [2.24, 2.45) is 0 Å². The molecule has 0 bridgehead atoms. The van der Waals surface area contributed by atoms with E-state index in [2.05, 4.69) is 10.3 Å². The van der Waals surface area contributed by atoms with Gasteiger partial charge in [-0.3, -0.25) is 10.1 Å². The molecule has 0 aliphatic carbocycles. The van der Waals surface area contributed by atoms with E-state index >= 15 is 0 Å². The molecule has 0 saturated carbocycles. The van der Waals surface area contributed by atoms with Gasteiger partial charge in [0.1, 0.15) is 17.1 Å². The average Bonchev–Trinajstić information content (AvgIpc) is 3.01. The van der Waals surface area contributed by atoms with Gasteiger partial charge in [-0.2, -0.15) is 0 Å². The van der Waals surface area contributed by atoms with Crippen LogP contribution in [-0.2, 0) is 0 Å². The van der Waals surface area contributed by atoms with Crippen molar-refractivity contribution >= 4 is 22.4 Å².